The summed E-state index contributed by atoms with van der Waals surface area (Å²) in [5.74, 6) is -1.15. The first kappa shape index (κ1) is 12.3. The van der Waals surface area contributed by atoms with Crippen LogP contribution in [0.25, 0.3) is 0 Å². The average Bonchev–Trinajstić information content (AvgIpc) is 1.82. The van der Waals surface area contributed by atoms with E-state index in [0.717, 1.165) is 0 Å². The first-order valence-electron chi connectivity index (χ1n) is 3.48. The molecular formula is C5H12N2O5S. The molecule has 7 nitrogen and oxygen atoms in total. The van der Waals surface area contributed by atoms with Crippen molar-refractivity contribution in [3.63, 3.8) is 0 Å². The molecule has 0 saturated heterocycles. The molecule has 1 atom stereocenters. The molecule has 0 aliphatic carbocycles. The van der Waals surface area contributed by atoms with Crippen molar-refractivity contribution in [3.8, 4) is 0 Å². The van der Waals surface area contributed by atoms with Crippen LogP contribution in [0.1, 0.15) is 19.8 Å². The van der Waals surface area contributed by atoms with Crippen molar-refractivity contribution in [2.24, 2.45) is 11.5 Å². The molecule has 0 saturated carbocycles. The first-order valence-corrected chi connectivity index (χ1v) is 4.84. The lowest BCUT2D eigenvalue weighted by atomic mass is 10.1. The minimum atomic E-state index is -4.77. The van der Waals surface area contributed by atoms with E-state index in [0.29, 0.717) is 6.42 Å². The van der Waals surface area contributed by atoms with Crippen molar-refractivity contribution < 1.29 is 21.9 Å². The van der Waals surface area contributed by atoms with Crippen LogP contribution in [0, 0.1) is 0 Å². The monoisotopic (exact) mass is 212 g/mol. The van der Waals surface area contributed by atoms with Crippen LogP contribution in [0.5, 0.6) is 0 Å². The standard InChI is InChI=1S/C5H12N2O5S/c1-2-3-5(7,4(6)8)12-13(9,10)11/h2-3,7H2,1H3,(H2,6,8)(H,9,10,11). The van der Waals surface area contributed by atoms with Gasteiger partial charge in [0.05, 0.1) is 0 Å². The summed E-state index contributed by atoms with van der Waals surface area (Å²) >= 11 is 0. The third-order valence-electron chi connectivity index (χ3n) is 1.29. The molecule has 0 aromatic rings. The van der Waals surface area contributed by atoms with E-state index in [9.17, 15) is 13.2 Å². The first-order chi connectivity index (χ1) is 5.71. The molecule has 0 aliphatic heterocycles. The fourth-order valence-corrected chi connectivity index (χ4v) is 1.31. The maximum atomic E-state index is 10.7. The predicted octanol–water partition coefficient (Wildman–Crippen LogP) is -1.25. The topological polar surface area (TPSA) is 133 Å². The Balaban J connectivity index is 4.71. The Hall–Kier alpha value is -0.700. The summed E-state index contributed by atoms with van der Waals surface area (Å²) in [5, 5.41) is 0. The summed E-state index contributed by atoms with van der Waals surface area (Å²) in [7, 11) is -4.77. The molecule has 8 heteroatoms. The zero-order valence-electron chi connectivity index (χ0n) is 7.06. The van der Waals surface area contributed by atoms with Crippen molar-refractivity contribution in [3.05, 3.63) is 0 Å². The minimum Gasteiger partial charge on any atom is -0.366 e. The van der Waals surface area contributed by atoms with Crippen molar-refractivity contribution in [1.29, 1.82) is 0 Å². The van der Waals surface area contributed by atoms with Gasteiger partial charge in [-0.15, -0.1) is 0 Å². The highest BCUT2D eigenvalue weighted by atomic mass is 32.3. The van der Waals surface area contributed by atoms with E-state index in [1.807, 2.05) is 0 Å². The van der Waals surface area contributed by atoms with Crippen LogP contribution >= 0.6 is 0 Å². The zero-order valence-corrected chi connectivity index (χ0v) is 7.87. The predicted molar refractivity (Wildman–Crippen MR) is 43.7 cm³/mol. The second-order valence-electron chi connectivity index (χ2n) is 2.51. The van der Waals surface area contributed by atoms with Gasteiger partial charge < -0.3 is 5.73 Å². The molecule has 13 heavy (non-hydrogen) atoms. The Kier molecular flexibility index (Phi) is 3.79. The fourth-order valence-electron chi connectivity index (χ4n) is 0.765. The number of nitrogens with two attached hydrogens (primary N) is 2. The molecule has 0 aromatic carbocycles. The van der Waals surface area contributed by atoms with Crippen LogP contribution in [0.2, 0.25) is 0 Å². The van der Waals surface area contributed by atoms with Crippen LogP contribution in [0.4, 0.5) is 0 Å². The molecule has 0 rings (SSSR count). The molecule has 1 amide bonds. The highest BCUT2D eigenvalue weighted by Crippen LogP contribution is 2.13. The quantitative estimate of drug-likeness (QED) is 0.385. The SMILES string of the molecule is CCCC(N)(OS(=O)(=O)O)C(N)=O. The third kappa shape index (κ3) is 4.18. The van der Waals surface area contributed by atoms with Gasteiger partial charge in [0, 0.05) is 6.42 Å². The molecule has 0 heterocycles. The Morgan fingerprint density at radius 3 is 2.31 bits per heavy atom. The molecule has 0 fully saturated rings. The Labute approximate surface area is 76.0 Å². The Morgan fingerprint density at radius 1 is 1.62 bits per heavy atom. The maximum Gasteiger partial charge on any atom is 0.399 e. The molecule has 0 radical (unpaired) electrons. The van der Waals surface area contributed by atoms with Crippen molar-refractivity contribution in [1.82, 2.24) is 0 Å². The molecule has 0 aromatic heterocycles. The summed E-state index contributed by atoms with van der Waals surface area (Å²) in [6.45, 7) is 1.65. The number of hydrogen-bond donors (Lipinski definition) is 3. The number of carbonyl (C=O) groups excluding carboxylic acids is 1. The number of primary amides is 1. The summed E-state index contributed by atoms with van der Waals surface area (Å²) < 4.78 is 32.8. The second kappa shape index (κ2) is 4.01. The average molecular weight is 212 g/mol. The Morgan fingerprint density at radius 2 is 2.08 bits per heavy atom. The van der Waals surface area contributed by atoms with Crippen molar-refractivity contribution in [2.45, 2.75) is 25.5 Å². The fraction of sp³-hybridized carbons (Fsp3) is 0.800. The van der Waals surface area contributed by atoms with Crippen LogP contribution in [0.3, 0.4) is 0 Å². The van der Waals surface area contributed by atoms with Gasteiger partial charge >= 0.3 is 10.4 Å². The van der Waals surface area contributed by atoms with Crippen molar-refractivity contribution >= 4 is 16.3 Å². The summed E-state index contributed by atoms with van der Waals surface area (Å²) in [4.78, 5) is 10.7. The molecule has 0 bridgehead atoms. The maximum absolute atomic E-state index is 10.7. The van der Waals surface area contributed by atoms with Crippen LogP contribution in [0.15, 0.2) is 0 Å². The van der Waals surface area contributed by atoms with Gasteiger partial charge in [-0.25, -0.2) is 4.18 Å². The number of hydrogen-bond acceptors (Lipinski definition) is 5. The lowest BCUT2D eigenvalue weighted by Crippen LogP contribution is -2.55. The highest BCUT2D eigenvalue weighted by Gasteiger charge is 2.37. The van der Waals surface area contributed by atoms with Crippen molar-refractivity contribution in [2.75, 3.05) is 0 Å². The number of carbonyl (C=O) groups is 1. The van der Waals surface area contributed by atoms with Gasteiger partial charge in [-0.05, 0) is 0 Å². The van der Waals surface area contributed by atoms with Gasteiger partial charge in [-0.1, -0.05) is 13.3 Å². The van der Waals surface area contributed by atoms with E-state index in [1.54, 1.807) is 6.92 Å². The minimum absolute atomic E-state index is 0.0951. The van der Waals surface area contributed by atoms with E-state index in [4.69, 9.17) is 16.0 Å². The van der Waals surface area contributed by atoms with E-state index in [-0.39, 0.29) is 6.42 Å². The summed E-state index contributed by atoms with van der Waals surface area (Å²) in [6, 6.07) is 0. The molecule has 5 N–H and O–H groups in total. The van der Waals surface area contributed by atoms with Gasteiger partial charge in [-0.3, -0.25) is 15.1 Å². The molecule has 1 unspecified atom stereocenters. The molecule has 78 valence electrons. The molecule has 0 aliphatic rings. The van der Waals surface area contributed by atoms with Crippen LogP contribution in [-0.2, 0) is 19.4 Å². The van der Waals surface area contributed by atoms with Crippen LogP contribution in [-0.4, -0.2) is 24.6 Å². The van der Waals surface area contributed by atoms with E-state index >= 15 is 0 Å². The van der Waals surface area contributed by atoms with E-state index in [2.05, 4.69) is 4.18 Å². The normalized spacial score (nSPS) is 16.5. The van der Waals surface area contributed by atoms with Gasteiger partial charge in [0.15, 0.2) is 0 Å². The number of rotatable bonds is 5. The van der Waals surface area contributed by atoms with Gasteiger partial charge in [0.2, 0.25) is 5.72 Å². The summed E-state index contributed by atoms with van der Waals surface area (Å²) in [5.41, 5.74) is 7.84. The zero-order chi connectivity index (χ0) is 10.7. The lowest BCUT2D eigenvalue weighted by Gasteiger charge is -2.22. The third-order valence-corrected chi connectivity index (χ3v) is 1.80. The lowest BCUT2D eigenvalue weighted by molar-refractivity contribution is -0.134. The largest absolute Gasteiger partial charge is 0.399 e. The Bertz CT molecular complexity index is 287. The van der Waals surface area contributed by atoms with Crippen LogP contribution < -0.4 is 11.5 Å². The van der Waals surface area contributed by atoms with Gasteiger partial charge in [0.25, 0.3) is 5.91 Å². The molecular weight excluding hydrogens is 200 g/mol. The molecule has 0 spiro atoms. The van der Waals surface area contributed by atoms with E-state index in [1.165, 1.54) is 0 Å². The summed E-state index contributed by atoms with van der Waals surface area (Å²) in [6.07, 6.45) is 0.289. The second-order valence-corrected chi connectivity index (χ2v) is 3.54. The van der Waals surface area contributed by atoms with E-state index < -0.39 is 22.0 Å². The van der Waals surface area contributed by atoms with Gasteiger partial charge in [0.1, 0.15) is 0 Å². The number of amides is 1. The van der Waals surface area contributed by atoms with Gasteiger partial charge in [-0.2, -0.15) is 8.42 Å². The smallest absolute Gasteiger partial charge is 0.366 e. The highest BCUT2D eigenvalue weighted by molar-refractivity contribution is 7.81.